The predicted octanol–water partition coefficient (Wildman–Crippen LogP) is 4.63. The van der Waals surface area contributed by atoms with Gasteiger partial charge in [0.25, 0.3) is 0 Å². The number of nitrogens with zero attached hydrogens (tertiary/aromatic N) is 1. The van der Waals surface area contributed by atoms with E-state index in [4.69, 9.17) is 4.74 Å². The van der Waals surface area contributed by atoms with Gasteiger partial charge in [0.05, 0.1) is 24.6 Å². The Kier molecular flexibility index (Phi) is 5.15. The summed E-state index contributed by atoms with van der Waals surface area (Å²) < 4.78 is 42.9. The Morgan fingerprint density at radius 1 is 1.22 bits per heavy atom. The Morgan fingerprint density at radius 3 is 2.43 bits per heavy atom. The lowest BCUT2D eigenvalue weighted by molar-refractivity contribution is -0.137. The van der Waals surface area contributed by atoms with Crippen LogP contribution in [0.15, 0.2) is 46.0 Å². The van der Waals surface area contributed by atoms with E-state index in [0.29, 0.717) is 15.7 Å². The molecule has 0 unspecified atom stereocenters. The SMILES string of the molecule is COc1cc(/C=N/Nc2ccc(C(F)(F)F)cc2)c(Br)cc1O. The highest BCUT2D eigenvalue weighted by Gasteiger charge is 2.29. The molecule has 2 aromatic carbocycles. The minimum atomic E-state index is -4.37. The van der Waals surface area contributed by atoms with Crippen LogP contribution in [0.1, 0.15) is 11.1 Å². The van der Waals surface area contributed by atoms with Crippen LogP contribution in [0.3, 0.4) is 0 Å². The average Bonchev–Trinajstić information content (AvgIpc) is 2.49. The summed E-state index contributed by atoms with van der Waals surface area (Å²) in [6, 6.07) is 7.53. The molecule has 23 heavy (non-hydrogen) atoms. The molecule has 0 saturated heterocycles. The number of phenols is 1. The van der Waals surface area contributed by atoms with E-state index in [0.717, 1.165) is 12.1 Å². The second-order valence-electron chi connectivity index (χ2n) is 4.49. The fourth-order valence-electron chi connectivity index (χ4n) is 1.73. The third-order valence-corrected chi connectivity index (χ3v) is 3.59. The first kappa shape index (κ1) is 17.1. The minimum absolute atomic E-state index is 0.0211. The van der Waals surface area contributed by atoms with Crippen molar-refractivity contribution in [1.29, 1.82) is 0 Å². The molecular weight excluding hydrogens is 377 g/mol. The standard InChI is InChI=1S/C15H12BrF3N2O2/c1-23-14-6-9(12(16)7-13(14)22)8-20-21-11-4-2-10(3-5-11)15(17,18)19/h2-8,21-22H,1H3/b20-8+. The topological polar surface area (TPSA) is 53.8 Å². The number of ether oxygens (including phenoxy) is 1. The Balaban J connectivity index is 2.10. The molecule has 0 aliphatic heterocycles. The van der Waals surface area contributed by atoms with Gasteiger partial charge in [-0.2, -0.15) is 18.3 Å². The van der Waals surface area contributed by atoms with Crippen LogP contribution in [-0.2, 0) is 6.18 Å². The highest BCUT2D eigenvalue weighted by molar-refractivity contribution is 9.10. The quantitative estimate of drug-likeness (QED) is 0.593. The number of phenolic OH excluding ortho intramolecular Hbond substituents is 1. The van der Waals surface area contributed by atoms with Crippen molar-refractivity contribution in [2.75, 3.05) is 12.5 Å². The van der Waals surface area contributed by atoms with Gasteiger partial charge in [0.2, 0.25) is 0 Å². The van der Waals surface area contributed by atoms with Gasteiger partial charge in [0.15, 0.2) is 11.5 Å². The average molecular weight is 389 g/mol. The third-order valence-electron chi connectivity index (χ3n) is 2.91. The van der Waals surface area contributed by atoms with Gasteiger partial charge in [0.1, 0.15) is 0 Å². The van der Waals surface area contributed by atoms with Crippen LogP contribution in [-0.4, -0.2) is 18.4 Å². The highest BCUT2D eigenvalue weighted by atomic mass is 79.9. The van der Waals surface area contributed by atoms with E-state index in [1.165, 1.54) is 31.5 Å². The van der Waals surface area contributed by atoms with Crippen molar-refractivity contribution in [3.05, 3.63) is 52.0 Å². The Hall–Kier alpha value is -2.22. The maximum atomic E-state index is 12.5. The maximum Gasteiger partial charge on any atom is 0.416 e. The van der Waals surface area contributed by atoms with Crippen molar-refractivity contribution < 1.29 is 23.0 Å². The molecule has 0 heterocycles. The lowest BCUT2D eigenvalue weighted by atomic mass is 10.2. The van der Waals surface area contributed by atoms with Gasteiger partial charge in [-0.25, -0.2) is 0 Å². The van der Waals surface area contributed by atoms with Crippen molar-refractivity contribution in [3.8, 4) is 11.5 Å². The van der Waals surface area contributed by atoms with Gasteiger partial charge >= 0.3 is 6.18 Å². The summed E-state index contributed by atoms with van der Waals surface area (Å²) in [5.41, 5.74) is 2.94. The summed E-state index contributed by atoms with van der Waals surface area (Å²) in [4.78, 5) is 0. The molecule has 4 nitrogen and oxygen atoms in total. The first-order valence-corrected chi connectivity index (χ1v) is 7.13. The zero-order valence-electron chi connectivity index (χ0n) is 11.9. The number of nitrogens with one attached hydrogen (secondary N) is 1. The number of hydrogen-bond acceptors (Lipinski definition) is 4. The number of hydrogen-bond donors (Lipinski definition) is 2. The Labute approximate surface area is 138 Å². The second kappa shape index (κ2) is 6.91. The normalized spacial score (nSPS) is 11.7. The first-order chi connectivity index (χ1) is 10.8. The van der Waals surface area contributed by atoms with E-state index in [1.54, 1.807) is 6.07 Å². The second-order valence-corrected chi connectivity index (χ2v) is 5.35. The van der Waals surface area contributed by atoms with Crippen LogP contribution < -0.4 is 10.2 Å². The molecule has 0 aliphatic rings. The van der Waals surface area contributed by atoms with Crippen molar-refractivity contribution in [2.45, 2.75) is 6.18 Å². The number of hydrazone groups is 1. The highest BCUT2D eigenvalue weighted by Crippen LogP contribution is 2.32. The fraction of sp³-hybridized carbons (Fsp3) is 0.133. The van der Waals surface area contributed by atoms with E-state index in [2.05, 4.69) is 26.5 Å². The summed E-state index contributed by atoms with van der Waals surface area (Å²) in [7, 11) is 1.42. The molecule has 8 heteroatoms. The van der Waals surface area contributed by atoms with E-state index in [-0.39, 0.29) is 11.5 Å². The smallest absolute Gasteiger partial charge is 0.416 e. The van der Waals surface area contributed by atoms with Crippen LogP contribution in [0.25, 0.3) is 0 Å². The number of alkyl halides is 3. The number of methoxy groups -OCH3 is 1. The zero-order valence-corrected chi connectivity index (χ0v) is 13.4. The van der Waals surface area contributed by atoms with Gasteiger partial charge in [-0.15, -0.1) is 0 Å². The molecule has 2 N–H and O–H groups in total. The van der Waals surface area contributed by atoms with Crippen molar-refractivity contribution >= 4 is 27.8 Å². The molecule has 2 aromatic rings. The Bertz CT molecular complexity index is 716. The zero-order chi connectivity index (χ0) is 17.0. The molecule has 0 aromatic heterocycles. The number of benzene rings is 2. The molecule has 0 radical (unpaired) electrons. The summed E-state index contributed by atoms with van der Waals surface area (Å²) >= 11 is 3.27. The summed E-state index contributed by atoms with van der Waals surface area (Å²) in [6.07, 6.45) is -2.92. The van der Waals surface area contributed by atoms with E-state index < -0.39 is 11.7 Å². The minimum Gasteiger partial charge on any atom is -0.504 e. The molecule has 0 aliphatic carbocycles. The van der Waals surface area contributed by atoms with Crippen LogP contribution in [0.4, 0.5) is 18.9 Å². The van der Waals surface area contributed by atoms with Crippen molar-refractivity contribution in [1.82, 2.24) is 0 Å². The molecule has 0 amide bonds. The molecule has 2 rings (SSSR count). The monoisotopic (exact) mass is 388 g/mol. The van der Waals surface area contributed by atoms with Gasteiger partial charge in [-0.05, 0) is 52.3 Å². The van der Waals surface area contributed by atoms with E-state index >= 15 is 0 Å². The molecule has 0 spiro atoms. The summed E-state index contributed by atoms with van der Waals surface area (Å²) in [6.45, 7) is 0. The van der Waals surface area contributed by atoms with Crippen molar-refractivity contribution in [2.24, 2.45) is 5.10 Å². The number of aromatic hydroxyl groups is 1. The van der Waals surface area contributed by atoms with Gasteiger partial charge in [0, 0.05) is 10.0 Å². The van der Waals surface area contributed by atoms with Gasteiger partial charge in [-0.3, -0.25) is 5.43 Å². The summed E-state index contributed by atoms with van der Waals surface area (Å²) in [5.74, 6) is 0.261. The van der Waals surface area contributed by atoms with Crippen LogP contribution >= 0.6 is 15.9 Å². The van der Waals surface area contributed by atoms with Crippen LogP contribution in [0.5, 0.6) is 11.5 Å². The molecule has 122 valence electrons. The number of halogens is 4. The molecule has 0 bridgehead atoms. The fourth-order valence-corrected chi connectivity index (χ4v) is 2.16. The lowest BCUT2D eigenvalue weighted by Crippen LogP contribution is -2.04. The largest absolute Gasteiger partial charge is 0.504 e. The third kappa shape index (κ3) is 4.38. The maximum absolute atomic E-state index is 12.5. The van der Waals surface area contributed by atoms with Crippen molar-refractivity contribution in [3.63, 3.8) is 0 Å². The molecule has 0 saturated carbocycles. The molecule has 0 fully saturated rings. The van der Waals surface area contributed by atoms with E-state index in [9.17, 15) is 18.3 Å². The first-order valence-electron chi connectivity index (χ1n) is 6.34. The number of anilines is 1. The van der Waals surface area contributed by atoms with Gasteiger partial charge in [-0.1, -0.05) is 0 Å². The van der Waals surface area contributed by atoms with Crippen LogP contribution in [0.2, 0.25) is 0 Å². The lowest BCUT2D eigenvalue weighted by Gasteiger charge is -2.08. The predicted molar refractivity (Wildman–Crippen MR) is 85.0 cm³/mol. The molecule has 0 atom stereocenters. The van der Waals surface area contributed by atoms with E-state index in [1.807, 2.05) is 0 Å². The van der Waals surface area contributed by atoms with Gasteiger partial charge < -0.3 is 9.84 Å². The number of rotatable bonds is 4. The summed E-state index contributed by atoms with van der Waals surface area (Å²) in [5, 5.41) is 13.6. The molecular formula is C15H12BrF3N2O2. The van der Waals surface area contributed by atoms with Crippen LogP contribution in [0, 0.1) is 0 Å². The Morgan fingerprint density at radius 2 is 1.87 bits per heavy atom.